The largest absolute Gasteiger partial charge is 0.481 e. The maximum Gasteiger partial charge on any atom is 0.305 e. The van der Waals surface area contributed by atoms with Crippen LogP contribution in [0.25, 0.3) is 0 Å². The lowest BCUT2D eigenvalue weighted by Gasteiger charge is -2.31. The van der Waals surface area contributed by atoms with E-state index in [1.54, 1.807) is 11.3 Å². The highest BCUT2D eigenvalue weighted by Crippen LogP contribution is 2.24. The quantitative estimate of drug-likeness (QED) is 0.685. The first kappa shape index (κ1) is 18.2. The molecule has 0 radical (unpaired) electrons. The Kier molecular flexibility index (Phi) is 7.39. The fourth-order valence-electron chi connectivity index (χ4n) is 2.28. The predicted molar refractivity (Wildman–Crippen MR) is 88.7 cm³/mol. The van der Waals surface area contributed by atoms with Gasteiger partial charge in [0.25, 0.3) is 0 Å². The van der Waals surface area contributed by atoms with Crippen molar-refractivity contribution in [3.8, 4) is 0 Å². The molecule has 4 nitrogen and oxygen atoms in total. The highest BCUT2D eigenvalue weighted by Gasteiger charge is 2.30. The number of amides is 1. The molecule has 0 atom stereocenters. The molecule has 1 aromatic heterocycles. The number of aliphatic carboxylic acids is 1. The zero-order valence-electron chi connectivity index (χ0n) is 12.4. The van der Waals surface area contributed by atoms with Crippen LogP contribution in [0.3, 0.4) is 0 Å². The molecule has 0 aromatic carbocycles. The molecule has 6 heteroatoms. The fraction of sp³-hybridized carbons (Fsp3) is 0.600. The summed E-state index contributed by atoms with van der Waals surface area (Å²) in [6.45, 7) is 3.83. The molecule has 0 saturated carbocycles. The van der Waals surface area contributed by atoms with Crippen LogP contribution >= 0.6 is 27.3 Å². The van der Waals surface area contributed by atoms with Gasteiger partial charge < -0.3 is 10.4 Å². The lowest BCUT2D eigenvalue weighted by molar-refractivity contribution is -0.139. The molecule has 0 bridgehead atoms. The predicted octanol–water partition coefficient (Wildman–Crippen LogP) is 3.98. The van der Waals surface area contributed by atoms with E-state index in [0.717, 1.165) is 16.6 Å². The van der Waals surface area contributed by atoms with E-state index in [4.69, 9.17) is 5.11 Å². The van der Waals surface area contributed by atoms with E-state index >= 15 is 0 Å². The van der Waals surface area contributed by atoms with Gasteiger partial charge in [-0.25, -0.2) is 0 Å². The summed E-state index contributed by atoms with van der Waals surface area (Å²) in [5, 5.41) is 11.9. The first-order valence-corrected chi connectivity index (χ1v) is 8.78. The van der Waals surface area contributed by atoms with Crippen molar-refractivity contribution >= 4 is 39.1 Å². The molecule has 1 rings (SSSR count). The average molecular weight is 376 g/mol. The first-order valence-electron chi connectivity index (χ1n) is 7.18. The second kappa shape index (κ2) is 8.54. The zero-order chi connectivity index (χ0) is 15.9. The number of hydrogen-bond acceptors (Lipinski definition) is 3. The van der Waals surface area contributed by atoms with E-state index < -0.39 is 11.5 Å². The summed E-state index contributed by atoms with van der Waals surface area (Å²) in [5.74, 6) is -0.932. The molecule has 0 aliphatic carbocycles. The van der Waals surface area contributed by atoms with Gasteiger partial charge in [-0.15, -0.1) is 11.3 Å². The summed E-state index contributed by atoms with van der Waals surface area (Å²) in [6.07, 6.45) is 3.29. The Labute approximate surface area is 138 Å². The summed E-state index contributed by atoms with van der Waals surface area (Å²) >= 11 is 5.10. The Balaban J connectivity index is 2.44. The summed E-state index contributed by atoms with van der Waals surface area (Å²) in [7, 11) is 0. The van der Waals surface area contributed by atoms with Crippen LogP contribution in [0.5, 0.6) is 0 Å². The zero-order valence-corrected chi connectivity index (χ0v) is 14.8. The standard InChI is InChI=1S/C15H22BrNO3S/c1-3-15(4-2,10-14(19)20)17-13(18)7-5-6-11-8-9-12(16)21-11/h8-9H,3-7,10H2,1-2H3,(H,17,18)(H,19,20). The fourth-order valence-corrected chi connectivity index (χ4v) is 3.80. The van der Waals surface area contributed by atoms with E-state index in [-0.39, 0.29) is 12.3 Å². The third-order valence-electron chi connectivity index (χ3n) is 3.70. The molecule has 0 spiro atoms. The third kappa shape index (κ3) is 6.18. The molecule has 0 fully saturated rings. The molecule has 0 saturated heterocycles. The van der Waals surface area contributed by atoms with Crippen molar-refractivity contribution < 1.29 is 14.7 Å². The van der Waals surface area contributed by atoms with Crippen molar-refractivity contribution in [3.63, 3.8) is 0 Å². The van der Waals surface area contributed by atoms with Crippen LogP contribution in [-0.2, 0) is 16.0 Å². The van der Waals surface area contributed by atoms with Crippen LogP contribution in [0.2, 0.25) is 0 Å². The smallest absolute Gasteiger partial charge is 0.305 e. The number of aryl methyl sites for hydroxylation is 1. The highest BCUT2D eigenvalue weighted by atomic mass is 79.9. The Morgan fingerprint density at radius 2 is 2.00 bits per heavy atom. The number of rotatable bonds is 9. The summed E-state index contributed by atoms with van der Waals surface area (Å²) < 4.78 is 1.10. The topological polar surface area (TPSA) is 66.4 Å². The number of thiophene rings is 1. The molecule has 0 aliphatic rings. The summed E-state index contributed by atoms with van der Waals surface area (Å²) in [4.78, 5) is 24.3. The molecule has 21 heavy (non-hydrogen) atoms. The van der Waals surface area contributed by atoms with Gasteiger partial charge in [-0.3, -0.25) is 9.59 Å². The third-order valence-corrected chi connectivity index (χ3v) is 5.39. The minimum Gasteiger partial charge on any atom is -0.481 e. The number of halogens is 1. The lowest BCUT2D eigenvalue weighted by atomic mass is 9.88. The Hall–Kier alpha value is -0.880. The first-order chi connectivity index (χ1) is 9.90. The van der Waals surface area contributed by atoms with Gasteiger partial charge in [-0.2, -0.15) is 0 Å². The summed E-state index contributed by atoms with van der Waals surface area (Å²) in [5.41, 5.74) is -0.616. The van der Waals surface area contributed by atoms with Crippen molar-refractivity contribution in [2.24, 2.45) is 0 Å². The van der Waals surface area contributed by atoms with Crippen LogP contribution in [0.4, 0.5) is 0 Å². The number of carboxylic acid groups (broad SMARTS) is 1. The van der Waals surface area contributed by atoms with Gasteiger partial charge in [0, 0.05) is 16.8 Å². The van der Waals surface area contributed by atoms with Crippen molar-refractivity contribution in [1.29, 1.82) is 0 Å². The molecule has 0 aliphatic heterocycles. The summed E-state index contributed by atoms with van der Waals surface area (Å²) in [6, 6.07) is 4.06. The van der Waals surface area contributed by atoms with E-state index in [2.05, 4.69) is 27.3 Å². The van der Waals surface area contributed by atoms with E-state index in [0.29, 0.717) is 19.3 Å². The second-order valence-corrected chi connectivity index (χ2v) is 7.71. The maximum absolute atomic E-state index is 12.0. The highest BCUT2D eigenvalue weighted by molar-refractivity contribution is 9.11. The van der Waals surface area contributed by atoms with Crippen LogP contribution in [0.1, 0.15) is 50.8 Å². The van der Waals surface area contributed by atoms with Crippen LogP contribution < -0.4 is 5.32 Å². The van der Waals surface area contributed by atoms with Gasteiger partial charge in [0.05, 0.1) is 10.2 Å². The maximum atomic E-state index is 12.0. The molecule has 0 unspecified atom stereocenters. The van der Waals surface area contributed by atoms with Crippen LogP contribution in [-0.4, -0.2) is 22.5 Å². The molecule has 118 valence electrons. The number of carboxylic acids is 1. The van der Waals surface area contributed by atoms with E-state index in [9.17, 15) is 9.59 Å². The van der Waals surface area contributed by atoms with Crippen molar-refractivity contribution in [3.05, 3.63) is 20.8 Å². The Morgan fingerprint density at radius 1 is 1.33 bits per heavy atom. The molecular formula is C15H22BrNO3S. The van der Waals surface area contributed by atoms with E-state index in [1.807, 2.05) is 19.9 Å². The molecule has 1 amide bonds. The molecule has 1 aromatic rings. The monoisotopic (exact) mass is 375 g/mol. The lowest BCUT2D eigenvalue weighted by Crippen LogP contribution is -2.49. The van der Waals surface area contributed by atoms with Crippen molar-refractivity contribution in [2.45, 2.75) is 57.9 Å². The minimum atomic E-state index is -0.873. The van der Waals surface area contributed by atoms with Gasteiger partial charge in [0.2, 0.25) is 5.91 Å². The minimum absolute atomic E-state index is 0.0242. The number of carbonyl (C=O) groups excluding carboxylic acids is 1. The van der Waals surface area contributed by atoms with Gasteiger partial charge >= 0.3 is 5.97 Å². The molecular weight excluding hydrogens is 354 g/mol. The number of nitrogens with one attached hydrogen (secondary N) is 1. The SMILES string of the molecule is CCC(CC)(CC(=O)O)NC(=O)CCCc1ccc(Br)s1. The molecule has 2 N–H and O–H groups in total. The molecule has 1 heterocycles. The van der Waals surface area contributed by atoms with E-state index in [1.165, 1.54) is 4.88 Å². The Morgan fingerprint density at radius 3 is 2.48 bits per heavy atom. The number of carbonyl (C=O) groups is 2. The van der Waals surface area contributed by atoms with Crippen molar-refractivity contribution in [2.75, 3.05) is 0 Å². The second-order valence-electron chi connectivity index (χ2n) is 5.17. The normalized spacial score (nSPS) is 11.4. The number of hydrogen-bond donors (Lipinski definition) is 2. The van der Waals surface area contributed by atoms with Crippen LogP contribution in [0.15, 0.2) is 15.9 Å². The van der Waals surface area contributed by atoms with Crippen molar-refractivity contribution in [1.82, 2.24) is 5.32 Å². The van der Waals surface area contributed by atoms with Gasteiger partial charge in [-0.1, -0.05) is 13.8 Å². The van der Waals surface area contributed by atoms with Crippen LogP contribution in [0, 0.1) is 0 Å². The van der Waals surface area contributed by atoms with Gasteiger partial charge in [0.15, 0.2) is 0 Å². The Bertz CT molecular complexity index is 483. The van der Waals surface area contributed by atoms with Gasteiger partial charge in [0.1, 0.15) is 0 Å². The van der Waals surface area contributed by atoms with Gasteiger partial charge in [-0.05, 0) is 53.7 Å². The average Bonchev–Trinajstić information content (AvgIpc) is 2.83.